The highest BCUT2D eigenvalue weighted by atomic mass is 16.6. The fourth-order valence-corrected chi connectivity index (χ4v) is 1.19. The van der Waals surface area contributed by atoms with Crippen molar-refractivity contribution in [2.45, 2.75) is 39.3 Å². The van der Waals surface area contributed by atoms with Crippen LogP contribution in [-0.4, -0.2) is 33.7 Å². The maximum Gasteiger partial charge on any atom is 0.328 e. The fourth-order valence-electron chi connectivity index (χ4n) is 1.19. The summed E-state index contributed by atoms with van der Waals surface area (Å²) < 4.78 is 5.12. The second-order valence-corrected chi connectivity index (χ2v) is 5.04. The average molecular weight is 267 g/mol. The van der Waals surface area contributed by atoms with E-state index in [0.717, 1.165) is 0 Å². The summed E-state index contributed by atoms with van der Waals surface area (Å²) in [6.45, 7) is 6.73. The first-order valence-corrected chi connectivity index (χ1v) is 5.78. The molecule has 1 rings (SSSR count). The molecule has 0 saturated carbocycles. The minimum absolute atomic E-state index is 0.0232. The molecule has 0 unspecified atom stereocenters. The van der Waals surface area contributed by atoms with Crippen LogP contribution in [0.15, 0.2) is 16.9 Å². The molecule has 0 aromatic carbocycles. The quantitative estimate of drug-likeness (QED) is 0.763. The third-order valence-corrected chi connectivity index (χ3v) is 2.02. The van der Waals surface area contributed by atoms with Crippen LogP contribution in [0.3, 0.4) is 0 Å². The highest BCUT2D eigenvalue weighted by Gasteiger charge is 2.23. The molecular weight excluding hydrogens is 250 g/mol. The zero-order valence-corrected chi connectivity index (χ0v) is 11.3. The lowest BCUT2D eigenvalue weighted by atomic mass is 10.2. The van der Waals surface area contributed by atoms with E-state index in [1.165, 1.54) is 19.1 Å². The van der Waals surface area contributed by atoms with Gasteiger partial charge < -0.3 is 10.1 Å². The Labute approximate surface area is 110 Å². The Hall–Kier alpha value is -2.18. The Balaban J connectivity index is 2.64. The Kier molecular flexibility index (Phi) is 4.42. The van der Waals surface area contributed by atoms with Gasteiger partial charge in [-0.05, 0) is 33.8 Å². The van der Waals surface area contributed by atoms with Crippen molar-refractivity contribution in [3.05, 3.63) is 28.2 Å². The van der Waals surface area contributed by atoms with Gasteiger partial charge in [-0.25, -0.2) is 9.89 Å². The molecule has 0 radical (unpaired) electrons. The first-order valence-electron chi connectivity index (χ1n) is 5.78. The van der Waals surface area contributed by atoms with E-state index in [2.05, 4.69) is 15.5 Å². The van der Waals surface area contributed by atoms with Gasteiger partial charge in [0.2, 0.25) is 0 Å². The summed E-state index contributed by atoms with van der Waals surface area (Å²) in [6, 6.07) is 1.65. The molecule has 0 fully saturated rings. The van der Waals surface area contributed by atoms with Gasteiger partial charge in [0, 0.05) is 6.07 Å². The topological polar surface area (TPSA) is 101 Å². The molecule has 104 valence electrons. The first-order chi connectivity index (χ1) is 8.69. The van der Waals surface area contributed by atoms with Gasteiger partial charge in [0.15, 0.2) is 0 Å². The first kappa shape index (κ1) is 14.9. The van der Waals surface area contributed by atoms with E-state index in [-0.39, 0.29) is 5.69 Å². The molecule has 7 heteroatoms. The molecule has 0 saturated heterocycles. The maximum absolute atomic E-state index is 11.7. The predicted molar refractivity (Wildman–Crippen MR) is 67.6 cm³/mol. The number of H-pyrrole nitrogens is 1. The van der Waals surface area contributed by atoms with E-state index < -0.39 is 29.1 Å². The zero-order valence-electron chi connectivity index (χ0n) is 11.3. The summed E-state index contributed by atoms with van der Waals surface area (Å²) in [5.41, 5.74) is -1.00. The van der Waals surface area contributed by atoms with Gasteiger partial charge in [0.1, 0.15) is 17.3 Å². The number of nitrogens with one attached hydrogen (secondary N) is 2. The molecule has 0 bridgehead atoms. The predicted octanol–water partition coefficient (Wildman–Crippen LogP) is 0.230. The smallest absolute Gasteiger partial charge is 0.328 e. The van der Waals surface area contributed by atoms with Crippen molar-refractivity contribution in [2.24, 2.45) is 0 Å². The van der Waals surface area contributed by atoms with Gasteiger partial charge in [-0.15, -0.1) is 0 Å². The highest BCUT2D eigenvalue weighted by molar-refractivity contribution is 5.94. The number of esters is 1. The van der Waals surface area contributed by atoms with Crippen molar-refractivity contribution in [2.75, 3.05) is 0 Å². The van der Waals surface area contributed by atoms with Crippen LogP contribution in [-0.2, 0) is 9.53 Å². The fraction of sp³-hybridized carbons (Fsp3) is 0.500. The lowest BCUT2D eigenvalue weighted by Crippen LogP contribution is -2.42. The summed E-state index contributed by atoms with van der Waals surface area (Å²) in [6.07, 6.45) is 0. The molecule has 19 heavy (non-hydrogen) atoms. The van der Waals surface area contributed by atoms with Crippen LogP contribution in [0.2, 0.25) is 0 Å². The number of hydrogen-bond donors (Lipinski definition) is 2. The van der Waals surface area contributed by atoms with Gasteiger partial charge in [0.25, 0.3) is 11.5 Å². The Bertz CT molecular complexity index is 510. The van der Waals surface area contributed by atoms with E-state index >= 15 is 0 Å². The Morgan fingerprint density at radius 1 is 1.37 bits per heavy atom. The summed E-state index contributed by atoms with van der Waals surface area (Å²) in [5, 5.41) is 8.14. The Morgan fingerprint density at radius 2 is 2.00 bits per heavy atom. The maximum atomic E-state index is 11.7. The molecule has 0 aliphatic rings. The van der Waals surface area contributed by atoms with Gasteiger partial charge in [0.05, 0.1) is 0 Å². The number of aromatic nitrogens is 2. The lowest BCUT2D eigenvalue weighted by molar-refractivity contribution is -0.156. The molecule has 1 aromatic rings. The number of carbonyl (C=O) groups is 2. The van der Waals surface area contributed by atoms with Crippen LogP contribution in [0.25, 0.3) is 0 Å². The molecular formula is C12H17N3O4. The summed E-state index contributed by atoms with van der Waals surface area (Å²) in [4.78, 5) is 34.2. The standard InChI is InChI=1S/C12H17N3O4/c1-7(11(18)19-12(2,3)4)13-10(17)8-5-6-9(16)15-14-8/h5-7H,1-4H3,(H,13,17)(H,15,16)/t7-/m0/s1. The number of ether oxygens (including phenoxy) is 1. The van der Waals surface area contributed by atoms with Crippen molar-refractivity contribution < 1.29 is 14.3 Å². The van der Waals surface area contributed by atoms with E-state index in [0.29, 0.717) is 0 Å². The second-order valence-electron chi connectivity index (χ2n) is 5.04. The second kappa shape index (κ2) is 5.64. The van der Waals surface area contributed by atoms with E-state index in [4.69, 9.17) is 4.74 Å². The molecule has 1 amide bonds. The van der Waals surface area contributed by atoms with Crippen LogP contribution in [0.4, 0.5) is 0 Å². The van der Waals surface area contributed by atoms with Gasteiger partial charge in [-0.1, -0.05) is 0 Å². The van der Waals surface area contributed by atoms with Crippen LogP contribution >= 0.6 is 0 Å². The molecule has 0 aliphatic carbocycles. The Morgan fingerprint density at radius 3 is 2.47 bits per heavy atom. The van der Waals surface area contributed by atoms with Crippen LogP contribution in [0.5, 0.6) is 0 Å². The average Bonchev–Trinajstić information content (AvgIpc) is 2.27. The number of aromatic amines is 1. The van der Waals surface area contributed by atoms with Gasteiger partial charge in [-0.2, -0.15) is 5.10 Å². The van der Waals surface area contributed by atoms with Gasteiger partial charge >= 0.3 is 5.97 Å². The molecule has 1 aromatic heterocycles. The van der Waals surface area contributed by atoms with E-state index in [1.54, 1.807) is 20.8 Å². The minimum Gasteiger partial charge on any atom is -0.458 e. The molecule has 1 heterocycles. The number of rotatable bonds is 3. The lowest BCUT2D eigenvalue weighted by Gasteiger charge is -2.22. The number of hydrogen-bond acceptors (Lipinski definition) is 5. The van der Waals surface area contributed by atoms with Crippen LogP contribution in [0, 0.1) is 0 Å². The van der Waals surface area contributed by atoms with Crippen LogP contribution in [0.1, 0.15) is 38.2 Å². The molecule has 2 N–H and O–H groups in total. The van der Waals surface area contributed by atoms with Crippen molar-refractivity contribution in [1.82, 2.24) is 15.5 Å². The molecule has 1 atom stereocenters. The third kappa shape index (κ3) is 4.90. The van der Waals surface area contributed by atoms with Crippen LogP contribution < -0.4 is 10.9 Å². The third-order valence-electron chi connectivity index (χ3n) is 2.02. The minimum atomic E-state index is -0.805. The highest BCUT2D eigenvalue weighted by Crippen LogP contribution is 2.08. The van der Waals surface area contributed by atoms with Crippen molar-refractivity contribution in [3.63, 3.8) is 0 Å². The monoisotopic (exact) mass is 267 g/mol. The van der Waals surface area contributed by atoms with Crippen molar-refractivity contribution >= 4 is 11.9 Å². The van der Waals surface area contributed by atoms with E-state index in [1.807, 2.05) is 0 Å². The number of amides is 1. The summed E-state index contributed by atoms with van der Waals surface area (Å²) in [5.74, 6) is -1.10. The molecule has 7 nitrogen and oxygen atoms in total. The summed E-state index contributed by atoms with van der Waals surface area (Å²) >= 11 is 0. The largest absolute Gasteiger partial charge is 0.458 e. The normalized spacial score (nSPS) is 12.6. The van der Waals surface area contributed by atoms with E-state index in [9.17, 15) is 14.4 Å². The number of carbonyl (C=O) groups excluding carboxylic acids is 2. The molecule has 0 aliphatic heterocycles. The van der Waals surface area contributed by atoms with Crippen molar-refractivity contribution in [1.29, 1.82) is 0 Å². The molecule has 0 spiro atoms. The zero-order chi connectivity index (χ0) is 14.6. The summed E-state index contributed by atoms with van der Waals surface area (Å²) in [7, 11) is 0. The van der Waals surface area contributed by atoms with Crippen molar-refractivity contribution in [3.8, 4) is 0 Å². The number of nitrogens with zero attached hydrogens (tertiary/aromatic N) is 1. The van der Waals surface area contributed by atoms with Gasteiger partial charge in [-0.3, -0.25) is 9.59 Å². The SMILES string of the molecule is C[C@H](NC(=O)c1ccc(=O)[nH]n1)C(=O)OC(C)(C)C.